The zero-order valence-electron chi connectivity index (χ0n) is 26.1. The van der Waals surface area contributed by atoms with Crippen molar-refractivity contribution in [1.29, 1.82) is 0 Å². The number of carbonyl (C=O) groups excluding carboxylic acids is 1. The molecule has 1 aromatic heterocycles. The Balaban J connectivity index is 1.17. The number of fused-ring (bicyclic) bond motifs is 1. The lowest BCUT2D eigenvalue weighted by Crippen LogP contribution is -2.32. The van der Waals surface area contributed by atoms with Crippen LogP contribution in [0.1, 0.15) is 66.8 Å². The molecule has 0 spiro atoms. The zero-order valence-corrected chi connectivity index (χ0v) is 26.1. The fourth-order valence-corrected chi connectivity index (χ4v) is 6.03. The highest BCUT2D eigenvalue weighted by Crippen LogP contribution is 2.39. The number of para-hydroxylation sites is 2. The first-order valence-electron chi connectivity index (χ1n) is 16.0. The number of hydrogen-bond donors (Lipinski definition) is 3. The molecule has 0 saturated carbocycles. The van der Waals surface area contributed by atoms with E-state index in [1.807, 2.05) is 97.3 Å². The number of amides is 1. The highest BCUT2D eigenvalue weighted by Gasteiger charge is 2.32. The van der Waals surface area contributed by atoms with E-state index < -0.39 is 12.3 Å². The lowest BCUT2D eigenvalue weighted by molar-refractivity contribution is -0.252. The molecule has 0 unspecified atom stereocenters. The third kappa shape index (κ3) is 8.13. The van der Waals surface area contributed by atoms with Crippen molar-refractivity contribution in [2.24, 2.45) is 0 Å². The Kier molecular flexibility index (Phi) is 10.4. The number of hydrogen-bond acceptors (Lipinski definition) is 6. The Labute approximate surface area is 273 Å². The number of carboxylic acids is 1. The van der Waals surface area contributed by atoms with Gasteiger partial charge in [0.15, 0.2) is 6.29 Å². The van der Waals surface area contributed by atoms with Gasteiger partial charge in [0.05, 0.1) is 42.7 Å². The molecule has 242 valence electrons. The molecule has 2 heterocycles. The summed E-state index contributed by atoms with van der Waals surface area (Å²) in [6.45, 7) is 0.999. The summed E-state index contributed by atoms with van der Waals surface area (Å²) in [5, 5.41) is 21.3. The van der Waals surface area contributed by atoms with Crippen molar-refractivity contribution in [2.45, 2.75) is 70.3 Å². The number of carbonyl (C=O) groups is 2. The average Bonchev–Trinajstić information content (AvgIpc) is 3.51. The standard InChI is InChI=1S/C38H39N3O6/c42-24-26-13-15-28(16-14-26)35-21-31(23-41-25-40-33-9-3-4-10-34(33)41)46-38(47-35)29-19-17-27(18-20-29)32-8-2-1-7-30(32)22-39-36(43)11-5-6-12-37(44)45/h1-4,7-10,13-20,25,31,35,38,42H,5-6,11-12,21-24H2,(H,39,43)(H,44,45)/t31-,35+,38+/m0/s1. The van der Waals surface area contributed by atoms with E-state index in [1.54, 1.807) is 0 Å². The maximum Gasteiger partial charge on any atom is 0.303 e. The monoisotopic (exact) mass is 633 g/mol. The second-order valence-corrected chi connectivity index (χ2v) is 11.9. The summed E-state index contributed by atoms with van der Waals surface area (Å²) in [5.41, 5.74) is 7.80. The number of nitrogens with one attached hydrogen (secondary N) is 1. The predicted octanol–water partition coefficient (Wildman–Crippen LogP) is 6.70. The molecule has 1 fully saturated rings. The Morgan fingerprint density at radius 1 is 0.851 bits per heavy atom. The van der Waals surface area contributed by atoms with Crippen LogP contribution in [0.2, 0.25) is 0 Å². The van der Waals surface area contributed by atoms with Crippen LogP contribution in [0.5, 0.6) is 0 Å². The summed E-state index contributed by atoms with van der Waals surface area (Å²) < 4.78 is 15.3. The lowest BCUT2D eigenvalue weighted by Gasteiger charge is -2.36. The topological polar surface area (TPSA) is 123 Å². The molecule has 0 aliphatic carbocycles. The molecule has 47 heavy (non-hydrogen) atoms. The van der Waals surface area contributed by atoms with Crippen LogP contribution in [0.4, 0.5) is 0 Å². The van der Waals surface area contributed by atoms with E-state index >= 15 is 0 Å². The van der Waals surface area contributed by atoms with Gasteiger partial charge in [0.1, 0.15) is 0 Å². The van der Waals surface area contributed by atoms with Crippen molar-refractivity contribution < 1.29 is 29.3 Å². The first-order chi connectivity index (χ1) is 23.0. The van der Waals surface area contributed by atoms with E-state index in [0.29, 0.717) is 38.8 Å². The number of rotatable bonds is 13. The Morgan fingerprint density at radius 3 is 2.36 bits per heavy atom. The number of unbranched alkanes of at least 4 members (excludes halogenated alkanes) is 1. The summed E-state index contributed by atoms with van der Waals surface area (Å²) in [4.78, 5) is 27.7. The van der Waals surface area contributed by atoms with E-state index in [1.165, 1.54) is 0 Å². The van der Waals surface area contributed by atoms with Crippen molar-refractivity contribution >= 4 is 22.9 Å². The molecule has 3 N–H and O–H groups in total. The summed E-state index contributed by atoms with van der Waals surface area (Å²) in [7, 11) is 0. The summed E-state index contributed by atoms with van der Waals surface area (Å²) >= 11 is 0. The van der Waals surface area contributed by atoms with E-state index in [0.717, 1.165) is 44.4 Å². The molecule has 9 heteroatoms. The minimum Gasteiger partial charge on any atom is -0.481 e. The van der Waals surface area contributed by atoms with Crippen LogP contribution in [-0.2, 0) is 38.8 Å². The predicted molar refractivity (Wildman–Crippen MR) is 178 cm³/mol. The van der Waals surface area contributed by atoms with Gasteiger partial charge in [-0.2, -0.15) is 0 Å². The summed E-state index contributed by atoms with van der Waals surface area (Å²) in [6, 6.07) is 32.1. The van der Waals surface area contributed by atoms with Gasteiger partial charge in [-0.15, -0.1) is 0 Å². The van der Waals surface area contributed by atoms with Gasteiger partial charge < -0.3 is 29.6 Å². The molecule has 6 rings (SSSR count). The number of aliphatic carboxylic acids is 1. The quantitative estimate of drug-likeness (QED) is 0.123. The molecule has 1 aliphatic heterocycles. The number of ether oxygens (including phenoxy) is 2. The number of aromatic nitrogens is 2. The molecule has 1 saturated heterocycles. The Hall–Kier alpha value is -4.83. The molecular weight excluding hydrogens is 594 g/mol. The molecule has 5 aromatic rings. The van der Waals surface area contributed by atoms with Crippen molar-refractivity contribution in [1.82, 2.24) is 14.9 Å². The summed E-state index contributed by atoms with van der Waals surface area (Å²) in [5.74, 6) is -0.936. The highest BCUT2D eigenvalue weighted by molar-refractivity contribution is 5.77. The Morgan fingerprint density at radius 2 is 1.57 bits per heavy atom. The smallest absolute Gasteiger partial charge is 0.303 e. The molecule has 1 aliphatic rings. The van der Waals surface area contributed by atoms with Crippen LogP contribution in [0, 0.1) is 0 Å². The fourth-order valence-electron chi connectivity index (χ4n) is 6.03. The second-order valence-electron chi connectivity index (χ2n) is 11.9. The second kappa shape index (κ2) is 15.2. The lowest BCUT2D eigenvalue weighted by atomic mass is 9.97. The number of carboxylic acid groups (broad SMARTS) is 1. The highest BCUT2D eigenvalue weighted by atomic mass is 16.7. The molecule has 3 atom stereocenters. The van der Waals surface area contributed by atoms with Crippen LogP contribution in [-0.4, -0.2) is 37.7 Å². The maximum absolute atomic E-state index is 12.4. The van der Waals surface area contributed by atoms with Gasteiger partial charge in [0.2, 0.25) is 5.91 Å². The van der Waals surface area contributed by atoms with Crippen LogP contribution in [0.3, 0.4) is 0 Å². The third-order valence-electron chi connectivity index (χ3n) is 8.57. The van der Waals surface area contributed by atoms with E-state index in [4.69, 9.17) is 14.6 Å². The average molecular weight is 634 g/mol. The maximum atomic E-state index is 12.4. The largest absolute Gasteiger partial charge is 0.481 e. The number of nitrogens with zero attached hydrogens (tertiary/aromatic N) is 2. The van der Waals surface area contributed by atoms with Crippen LogP contribution >= 0.6 is 0 Å². The number of aliphatic hydroxyl groups excluding tert-OH is 1. The van der Waals surface area contributed by atoms with Gasteiger partial charge in [-0.3, -0.25) is 9.59 Å². The van der Waals surface area contributed by atoms with Crippen molar-refractivity contribution in [3.63, 3.8) is 0 Å². The molecule has 0 radical (unpaired) electrons. The third-order valence-corrected chi connectivity index (χ3v) is 8.57. The van der Waals surface area contributed by atoms with Crippen LogP contribution in [0.15, 0.2) is 103 Å². The van der Waals surface area contributed by atoms with Crippen LogP contribution in [0.25, 0.3) is 22.2 Å². The molecule has 0 bridgehead atoms. The minimum absolute atomic E-state index is 0.00961. The Bertz CT molecular complexity index is 1800. The van der Waals surface area contributed by atoms with E-state index in [2.05, 4.69) is 20.9 Å². The van der Waals surface area contributed by atoms with Gasteiger partial charge >= 0.3 is 5.97 Å². The normalized spacial score (nSPS) is 17.9. The minimum atomic E-state index is -0.844. The van der Waals surface area contributed by atoms with E-state index in [-0.39, 0.29) is 31.1 Å². The number of benzene rings is 4. The molecule has 4 aromatic carbocycles. The first-order valence-corrected chi connectivity index (χ1v) is 16.0. The summed E-state index contributed by atoms with van der Waals surface area (Å²) in [6.07, 6.45) is 3.00. The van der Waals surface area contributed by atoms with Gasteiger partial charge in [-0.1, -0.05) is 84.9 Å². The van der Waals surface area contributed by atoms with Crippen LogP contribution < -0.4 is 5.32 Å². The van der Waals surface area contributed by atoms with Gasteiger partial charge in [0.25, 0.3) is 0 Å². The first kappa shape index (κ1) is 32.1. The fraction of sp³-hybridized carbons (Fsp3) is 0.289. The molecule has 1 amide bonds. The van der Waals surface area contributed by atoms with Gasteiger partial charge in [0, 0.05) is 31.4 Å². The number of imidazole rings is 1. The zero-order chi connectivity index (χ0) is 32.6. The van der Waals surface area contributed by atoms with Crippen molar-refractivity contribution in [2.75, 3.05) is 0 Å². The van der Waals surface area contributed by atoms with Crippen molar-refractivity contribution in [3.8, 4) is 11.1 Å². The molecular formula is C38H39N3O6. The number of aliphatic hydroxyl groups is 1. The van der Waals surface area contributed by atoms with Gasteiger partial charge in [-0.05, 0) is 52.8 Å². The van der Waals surface area contributed by atoms with Gasteiger partial charge in [-0.25, -0.2) is 4.98 Å². The molecule has 9 nitrogen and oxygen atoms in total. The SMILES string of the molecule is O=C(O)CCCCC(=O)NCc1ccccc1-c1ccc([C@@H]2O[C@H](Cn3cnc4ccccc43)C[C@H](c3ccc(CO)cc3)O2)cc1. The van der Waals surface area contributed by atoms with Crippen molar-refractivity contribution in [3.05, 3.63) is 126 Å². The van der Waals surface area contributed by atoms with E-state index in [9.17, 15) is 14.7 Å².